The van der Waals surface area contributed by atoms with Gasteiger partial charge < -0.3 is 18.9 Å². The average Bonchev–Trinajstić information content (AvgIpc) is 2.69. The van der Waals surface area contributed by atoms with Crippen LogP contribution in [0.2, 0.25) is 0 Å². The molecule has 0 saturated heterocycles. The van der Waals surface area contributed by atoms with Gasteiger partial charge in [0.15, 0.2) is 5.78 Å². The van der Waals surface area contributed by atoms with Crippen LogP contribution in [0.4, 0.5) is 0 Å². The molecule has 4 unspecified atom stereocenters. The smallest absolute Gasteiger partial charge is 0.330 e. The molecular weight excluding hydrogens is 396 g/mol. The van der Waals surface area contributed by atoms with E-state index < -0.39 is 17.2 Å². The summed E-state index contributed by atoms with van der Waals surface area (Å²) in [7, 11) is 0. The fourth-order valence-corrected chi connectivity index (χ4v) is 2.70. The molecule has 0 aliphatic heterocycles. The Morgan fingerprint density at radius 1 is 0.871 bits per heavy atom. The number of carbonyl (C=O) groups excluding carboxylic acids is 2. The molecule has 0 heterocycles. The molecule has 4 atom stereocenters. The van der Waals surface area contributed by atoms with Crippen molar-refractivity contribution >= 4 is 11.8 Å². The van der Waals surface area contributed by atoms with Crippen LogP contribution in [0.1, 0.15) is 69.2 Å². The maximum atomic E-state index is 11.9. The summed E-state index contributed by atoms with van der Waals surface area (Å²) in [6, 6.07) is 0. The molecule has 0 amide bonds. The van der Waals surface area contributed by atoms with Crippen molar-refractivity contribution in [2.75, 3.05) is 13.2 Å². The molecule has 0 aromatic rings. The van der Waals surface area contributed by atoms with Crippen molar-refractivity contribution in [2.24, 2.45) is 11.3 Å². The lowest BCUT2D eigenvalue weighted by Crippen LogP contribution is -2.51. The van der Waals surface area contributed by atoms with Crippen LogP contribution in [-0.2, 0) is 28.5 Å². The predicted molar refractivity (Wildman–Crippen MR) is 124 cm³/mol. The molecule has 6 nitrogen and oxygen atoms in total. The maximum Gasteiger partial charge on any atom is 0.330 e. The van der Waals surface area contributed by atoms with Crippen LogP contribution in [0, 0.1) is 11.3 Å². The Morgan fingerprint density at radius 3 is 1.90 bits per heavy atom. The number of rotatable bonds is 15. The molecule has 0 fully saturated rings. The SMILES string of the molecule is C=CC(=O)OC(C)COC(C)(C)C(C)(C)C(C)OC(C)C(C)COC(C)(C)C(=O)C=C. The van der Waals surface area contributed by atoms with Gasteiger partial charge in [-0.15, -0.1) is 0 Å². The van der Waals surface area contributed by atoms with Crippen LogP contribution in [0.3, 0.4) is 0 Å². The Balaban J connectivity index is 4.91. The van der Waals surface area contributed by atoms with Gasteiger partial charge in [0.25, 0.3) is 0 Å². The molecule has 31 heavy (non-hydrogen) atoms. The summed E-state index contributed by atoms with van der Waals surface area (Å²) in [5.41, 5.74) is -1.79. The van der Waals surface area contributed by atoms with E-state index in [4.69, 9.17) is 18.9 Å². The van der Waals surface area contributed by atoms with Gasteiger partial charge in [0, 0.05) is 17.4 Å². The van der Waals surface area contributed by atoms with Gasteiger partial charge in [-0.1, -0.05) is 33.9 Å². The van der Waals surface area contributed by atoms with Gasteiger partial charge >= 0.3 is 5.97 Å². The summed E-state index contributed by atoms with van der Waals surface area (Å²) in [5, 5.41) is 0. The van der Waals surface area contributed by atoms with Crippen molar-refractivity contribution in [1.29, 1.82) is 0 Å². The lowest BCUT2D eigenvalue weighted by molar-refractivity contribution is -0.186. The normalized spacial score (nSPS) is 16.7. The minimum absolute atomic E-state index is 0.0810. The van der Waals surface area contributed by atoms with E-state index in [1.807, 2.05) is 34.6 Å². The first-order chi connectivity index (χ1) is 14.0. The second-order valence-electron chi connectivity index (χ2n) is 9.85. The van der Waals surface area contributed by atoms with E-state index in [0.717, 1.165) is 6.08 Å². The first kappa shape index (κ1) is 29.5. The zero-order valence-corrected chi connectivity index (χ0v) is 21.2. The van der Waals surface area contributed by atoms with Gasteiger partial charge in [0.2, 0.25) is 0 Å². The predicted octanol–water partition coefficient (Wildman–Crippen LogP) is 4.91. The highest BCUT2D eigenvalue weighted by Gasteiger charge is 2.44. The average molecular weight is 441 g/mol. The van der Waals surface area contributed by atoms with Crippen molar-refractivity contribution in [3.63, 3.8) is 0 Å². The standard InChI is InChI=1S/C25H44O6/c1-13-21(26)24(9,10)28-15-17(3)19(5)31-20(6)23(7,8)25(11,12)29-16-18(4)30-22(27)14-2/h13-14,17-20H,1-2,15-16H2,3-12H3. The highest BCUT2D eigenvalue weighted by Crippen LogP contribution is 2.39. The first-order valence-corrected chi connectivity index (χ1v) is 10.9. The molecule has 0 aliphatic carbocycles. The number of ether oxygens (including phenoxy) is 4. The Hall–Kier alpha value is -1.50. The van der Waals surface area contributed by atoms with Crippen LogP contribution in [0.25, 0.3) is 0 Å². The van der Waals surface area contributed by atoms with Crippen molar-refractivity contribution < 1.29 is 28.5 Å². The van der Waals surface area contributed by atoms with E-state index in [2.05, 4.69) is 27.0 Å². The van der Waals surface area contributed by atoms with Gasteiger partial charge in [-0.05, 0) is 54.5 Å². The van der Waals surface area contributed by atoms with Crippen LogP contribution < -0.4 is 0 Å². The minimum atomic E-state index is -0.901. The molecule has 0 radical (unpaired) electrons. The van der Waals surface area contributed by atoms with Gasteiger partial charge in [0.05, 0.1) is 31.0 Å². The Morgan fingerprint density at radius 2 is 1.42 bits per heavy atom. The Kier molecular flexibility index (Phi) is 11.4. The number of carbonyl (C=O) groups is 2. The minimum Gasteiger partial charge on any atom is -0.457 e. The van der Waals surface area contributed by atoms with Crippen molar-refractivity contribution in [2.45, 2.75) is 98.8 Å². The quantitative estimate of drug-likeness (QED) is 0.266. The van der Waals surface area contributed by atoms with Crippen LogP contribution in [0.15, 0.2) is 25.3 Å². The van der Waals surface area contributed by atoms with Crippen molar-refractivity contribution in [3.8, 4) is 0 Å². The van der Waals surface area contributed by atoms with Gasteiger partial charge in [-0.2, -0.15) is 0 Å². The Labute approximate surface area is 189 Å². The van der Waals surface area contributed by atoms with Crippen LogP contribution >= 0.6 is 0 Å². The van der Waals surface area contributed by atoms with Crippen LogP contribution in [-0.4, -0.2) is 54.5 Å². The number of hydrogen-bond acceptors (Lipinski definition) is 6. The molecule has 0 aromatic heterocycles. The fraction of sp³-hybridized carbons (Fsp3) is 0.760. The number of ketones is 1. The molecular formula is C25H44O6. The van der Waals surface area contributed by atoms with E-state index in [9.17, 15) is 9.59 Å². The maximum absolute atomic E-state index is 11.9. The van der Waals surface area contributed by atoms with Gasteiger partial charge in [-0.3, -0.25) is 4.79 Å². The number of hydrogen-bond donors (Lipinski definition) is 0. The molecule has 0 saturated carbocycles. The molecule has 0 spiro atoms. The second-order valence-corrected chi connectivity index (χ2v) is 9.85. The summed E-state index contributed by atoms with van der Waals surface area (Å²) < 4.78 is 23.5. The zero-order valence-electron chi connectivity index (χ0n) is 21.2. The molecule has 0 aliphatic rings. The molecule has 0 aromatic carbocycles. The second kappa shape index (κ2) is 11.9. The lowest BCUT2D eigenvalue weighted by Gasteiger charge is -2.46. The van der Waals surface area contributed by atoms with E-state index in [1.165, 1.54) is 6.08 Å². The van der Waals surface area contributed by atoms with E-state index in [1.54, 1.807) is 20.8 Å². The summed E-state index contributed by atoms with van der Waals surface area (Å²) in [5.74, 6) is -0.528. The summed E-state index contributed by atoms with van der Waals surface area (Å²) in [4.78, 5) is 23.3. The van der Waals surface area contributed by atoms with Gasteiger partial charge in [-0.25, -0.2) is 4.79 Å². The summed E-state index contributed by atoms with van der Waals surface area (Å²) in [6.07, 6.45) is 1.83. The highest BCUT2D eigenvalue weighted by atomic mass is 16.6. The lowest BCUT2D eigenvalue weighted by atomic mass is 9.73. The largest absolute Gasteiger partial charge is 0.457 e. The first-order valence-electron chi connectivity index (χ1n) is 10.9. The van der Waals surface area contributed by atoms with Gasteiger partial charge in [0.1, 0.15) is 11.7 Å². The third-order valence-corrected chi connectivity index (χ3v) is 6.44. The fourth-order valence-electron chi connectivity index (χ4n) is 2.70. The third kappa shape index (κ3) is 8.87. The number of esters is 1. The van der Waals surface area contributed by atoms with Crippen molar-refractivity contribution in [3.05, 3.63) is 25.3 Å². The van der Waals surface area contributed by atoms with E-state index in [-0.39, 0.29) is 42.0 Å². The summed E-state index contributed by atoms with van der Waals surface area (Å²) >= 11 is 0. The molecule has 0 N–H and O–H groups in total. The highest BCUT2D eigenvalue weighted by molar-refractivity contribution is 5.95. The van der Waals surface area contributed by atoms with Crippen molar-refractivity contribution in [1.82, 2.24) is 0 Å². The molecule has 0 bridgehead atoms. The molecule has 6 heteroatoms. The topological polar surface area (TPSA) is 71.1 Å². The van der Waals surface area contributed by atoms with Crippen LogP contribution in [0.5, 0.6) is 0 Å². The third-order valence-electron chi connectivity index (χ3n) is 6.44. The molecule has 180 valence electrons. The summed E-state index contributed by atoms with van der Waals surface area (Å²) in [6.45, 7) is 27.2. The van der Waals surface area contributed by atoms with E-state index in [0.29, 0.717) is 6.61 Å². The molecule has 0 rings (SSSR count). The Bertz CT molecular complexity index is 620. The van der Waals surface area contributed by atoms with E-state index >= 15 is 0 Å². The zero-order chi connectivity index (χ0) is 24.6. The monoisotopic (exact) mass is 440 g/mol.